The number of aryl methyl sites for hydroxylation is 1. The molecule has 1 heterocycles. The molecule has 0 bridgehead atoms. The number of pyridine rings is 1. The zero-order valence-corrected chi connectivity index (χ0v) is 11.6. The third-order valence-electron chi connectivity index (χ3n) is 2.49. The van der Waals surface area contributed by atoms with Crippen LogP contribution in [-0.4, -0.2) is 4.98 Å². The molecule has 0 aliphatic carbocycles. The van der Waals surface area contributed by atoms with Gasteiger partial charge in [-0.15, -0.1) is 0 Å². The van der Waals surface area contributed by atoms with E-state index in [0.717, 1.165) is 16.1 Å². The summed E-state index contributed by atoms with van der Waals surface area (Å²) in [5.41, 5.74) is 3.69. The van der Waals surface area contributed by atoms with Gasteiger partial charge in [-0.1, -0.05) is 15.9 Å². The second-order valence-corrected chi connectivity index (χ2v) is 4.74. The Bertz CT molecular complexity index is 619. The quantitative estimate of drug-likeness (QED) is 0.596. The van der Waals surface area contributed by atoms with Crippen LogP contribution in [0.1, 0.15) is 5.56 Å². The van der Waals surface area contributed by atoms with Crippen molar-refractivity contribution in [1.82, 2.24) is 4.98 Å². The average molecular weight is 329 g/mol. The van der Waals surface area contributed by atoms with Gasteiger partial charge >= 0.3 is 0 Å². The van der Waals surface area contributed by atoms with Crippen molar-refractivity contribution in [2.24, 2.45) is 5.84 Å². The zero-order valence-electron chi connectivity index (χ0n) is 9.97. The molecular weight excluding hydrogens is 318 g/mol. The van der Waals surface area contributed by atoms with Gasteiger partial charge in [-0.05, 0) is 30.7 Å². The van der Waals surface area contributed by atoms with Crippen LogP contribution in [0.3, 0.4) is 0 Å². The Balaban J connectivity index is 2.34. The van der Waals surface area contributed by atoms with Crippen molar-refractivity contribution in [2.45, 2.75) is 6.92 Å². The minimum absolute atomic E-state index is 0.101. The van der Waals surface area contributed by atoms with Crippen LogP contribution in [0, 0.1) is 18.6 Å². The molecule has 19 heavy (non-hydrogen) atoms. The van der Waals surface area contributed by atoms with E-state index in [4.69, 9.17) is 5.84 Å². The number of hydrogen-bond acceptors (Lipinski definition) is 4. The summed E-state index contributed by atoms with van der Waals surface area (Å²) >= 11 is 3.37. The molecule has 0 amide bonds. The molecule has 0 unspecified atom stereocenters. The number of benzene rings is 1. The van der Waals surface area contributed by atoms with Crippen LogP contribution in [0.4, 0.5) is 26.1 Å². The topological polar surface area (TPSA) is 63.0 Å². The fourth-order valence-electron chi connectivity index (χ4n) is 1.51. The van der Waals surface area contributed by atoms with Gasteiger partial charge in [-0.25, -0.2) is 19.6 Å². The Morgan fingerprint density at radius 3 is 2.47 bits per heavy atom. The van der Waals surface area contributed by atoms with Crippen LogP contribution in [-0.2, 0) is 0 Å². The van der Waals surface area contributed by atoms with E-state index in [9.17, 15) is 8.78 Å². The number of rotatable bonds is 3. The molecule has 100 valence electrons. The van der Waals surface area contributed by atoms with E-state index >= 15 is 0 Å². The normalized spacial score (nSPS) is 10.4. The van der Waals surface area contributed by atoms with Crippen molar-refractivity contribution in [3.05, 3.63) is 45.9 Å². The third-order valence-corrected chi connectivity index (χ3v) is 3.38. The number of nitrogen functional groups attached to an aromatic ring is 1. The minimum atomic E-state index is -0.850. The van der Waals surface area contributed by atoms with Gasteiger partial charge in [-0.3, -0.25) is 0 Å². The van der Waals surface area contributed by atoms with Crippen molar-refractivity contribution in [1.29, 1.82) is 0 Å². The predicted octanol–water partition coefficient (Wildman–Crippen LogP) is 3.46. The van der Waals surface area contributed by atoms with Crippen molar-refractivity contribution in [3.63, 3.8) is 0 Å². The first kappa shape index (κ1) is 13.7. The minimum Gasteiger partial charge on any atom is -0.338 e. The van der Waals surface area contributed by atoms with Crippen LogP contribution in [0.15, 0.2) is 28.7 Å². The van der Waals surface area contributed by atoms with Crippen LogP contribution >= 0.6 is 15.9 Å². The van der Waals surface area contributed by atoms with E-state index in [-0.39, 0.29) is 11.6 Å². The molecule has 2 aromatic rings. The van der Waals surface area contributed by atoms with Crippen LogP contribution in [0.2, 0.25) is 0 Å². The number of halogens is 3. The Morgan fingerprint density at radius 1 is 1.16 bits per heavy atom. The molecule has 4 N–H and O–H groups in total. The highest BCUT2D eigenvalue weighted by atomic mass is 79.9. The summed E-state index contributed by atoms with van der Waals surface area (Å²) in [7, 11) is 0. The summed E-state index contributed by atoms with van der Waals surface area (Å²) < 4.78 is 27.7. The largest absolute Gasteiger partial charge is 0.338 e. The predicted molar refractivity (Wildman–Crippen MR) is 74.1 cm³/mol. The third kappa shape index (κ3) is 2.99. The van der Waals surface area contributed by atoms with Gasteiger partial charge in [0, 0.05) is 16.2 Å². The number of anilines is 3. The van der Waals surface area contributed by atoms with Gasteiger partial charge in [0.15, 0.2) is 23.3 Å². The summed E-state index contributed by atoms with van der Waals surface area (Å²) in [6, 6.07) is 6.10. The van der Waals surface area contributed by atoms with Gasteiger partial charge in [-0.2, -0.15) is 0 Å². The number of hydrazine groups is 1. The summed E-state index contributed by atoms with van der Waals surface area (Å²) in [5.74, 6) is 3.13. The maximum atomic E-state index is 13.6. The molecule has 0 spiro atoms. The molecule has 7 heteroatoms. The zero-order chi connectivity index (χ0) is 14.0. The molecule has 0 atom stereocenters. The lowest BCUT2D eigenvalue weighted by atomic mass is 10.2. The fourth-order valence-corrected chi connectivity index (χ4v) is 1.76. The standard InChI is InChI=1S/C12H11BrF2N4/c1-6-4-7(2-3-8(6)13)17-11-9(14)5-10(15)12(18-11)19-16/h2-5H,16H2,1H3,(H2,17,18,19). The van der Waals surface area contributed by atoms with Crippen LogP contribution < -0.4 is 16.6 Å². The van der Waals surface area contributed by atoms with Crippen molar-refractivity contribution < 1.29 is 8.78 Å². The van der Waals surface area contributed by atoms with E-state index < -0.39 is 11.6 Å². The lowest BCUT2D eigenvalue weighted by molar-refractivity contribution is 0.579. The summed E-state index contributed by atoms with van der Waals surface area (Å²) in [4.78, 5) is 3.73. The van der Waals surface area contributed by atoms with E-state index in [2.05, 4.69) is 31.7 Å². The van der Waals surface area contributed by atoms with Crippen LogP contribution in [0.5, 0.6) is 0 Å². The Hall–Kier alpha value is -1.73. The first-order valence-electron chi connectivity index (χ1n) is 5.37. The van der Waals surface area contributed by atoms with Crippen molar-refractivity contribution >= 4 is 33.3 Å². The monoisotopic (exact) mass is 328 g/mol. The molecule has 0 aliphatic rings. The fraction of sp³-hybridized carbons (Fsp3) is 0.0833. The number of nitrogens with one attached hydrogen (secondary N) is 2. The summed E-state index contributed by atoms with van der Waals surface area (Å²) in [5, 5.41) is 2.77. The Kier molecular flexibility index (Phi) is 3.96. The number of nitrogens with zero attached hydrogens (tertiary/aromatic N) is 1. The summed E-state index contributed by atoms with van der Waals surface area (Å²) in [6.07, 6.45) is 0. The Morgan fingerprint density at radius 2 is 1.84 bits per heavy atom. The molecular formula is C12H11BrF2N4. The van der Waals surface area contributed by atoms with Gasteiger partial charge < -0.3 is 10.7 Å². The second-order valence-electron chi connectivity index (χ2n) is 3.88. The van der Waals surface area contributed by atoms with E-state index in [1.165, 1.54) is 0 Å². The second kappa shape index (κ2) is 5.50. The lowest BCUT2D eigenvalue weighted by Gasteiger charge is -2.10. The molecule has 0 saturated carbocycles. The molecule has 1 aromatic carbocycles. The maximum absolute atomic E-state index is 13.6. The van der Waals surface area contributed by atoms with Gasteiger partial charge in [0.2, 0.25) is 0 Å². The molecule has 0 radical (unpaired) electrons. The molecule has 0 aliphatic heterocycles. The smallest absolute Gasteiger partial charge is 0.178 e. The molecule has 1 aromatic heterocycles. The highest BCUT2D eigenvalue weighted by molar-refractivity contribution is 9.10. The van der Waals surface area contributed by atoms with E-state index in [1.54, 1.807) is 6.07 Å². The Labute approximate surface area is 117 Å². The van der Waals surface area contributed by atoms with E-state index in [0.29, 0.717) is 5.69 Å². The average Bonchev–Trinajstić information content (AvgIpc) is 2.37. The number of hydrogen-bond donors (Lipinski definition) is 3. The molecule has 4 nitrogen and oxygen atoms in total. The SMILES string of the molecule is Cc1cc(Nc2nc(NN)c(F)cc2F)ccc1Br. The van der Waals surface area contributed by atoms with Gasteiger partial charge in [0.25, 0.3) is 0 Å². The highest BCUT2D eigenvalue weighted by Crippen LogP contribution is 2.25. The van der Waals surface area contributed by atoms with Gasteiger partial charge in [0.1, 0.15) is 0 Å². The van der Waals surface area contributed by atoms with E-state index in [1.807, 2.05) is 19.1 Å². The van der Waals surface area contributed by atoms with Crippen molar-refractivity contribution in [2.75, 3.05) is 10.7 Å². The highest BCUT2D eigenvalue weighted by Gasteiger charge is 2.11. The van der Waals surface area contributed by atoms with Crippen molar-refractivity contribution in [3.8, 4) is 0 Å². The van der Waals surface area contributed by atoms with Gasteiger partial charge in [0.05, 0.1) is 0 Å². The number of aromatic nitrogens is 1. The summed E-state index contributed by atoms with van der Waals surface area (Å²) in [6.45, 7) is 1.90. The maximum Gasteiger partial charge on any atom is 0.178 e. The molecule has 2 rings (SSSR count). The first-order chi connectivity index (χ1) is 9.01. The van der Waals surface area contributed by atoms with Crippen LogP contribution in [0.25, 0.3) is 0 Å². The first-order valence-corrected chi connectivity index (χ1v) is 6.16. The molecule has 0 fully saturated rings. The molecule has 0 saturated heterocycles. The number of nitrogens with two attached hydrogens (primary N) is 1. The lowest BCUT2D eigenvalue weighted by Crippen LogP contribution is -2.12.